The average molecular weight is 223 g/mol. The van der Waals surface area contributed by atoms with E-state index in [-0.39, 0.29) is 12.4 Å². The van der Waals surface area contributed by atoms with Gasteiger partial charge in [0.15, 0.2) is 0 Å². The van der Waals surface area contributed by atoms with Crippen LogP contribution in [-0.4, -0.2) is 12.0 Å². The molecule has 0 fully saturated rings. The zero-order chi connectivity index (χ0) is 12.0. The summed E-state index contributed by atoms with van der Waals surface area (Å²) in [5.41, 5.74) is 5.93. The second-order valence-corrected chi connectivity index (χ2v) is 3.35. The van der Waals surface area contributed by atoms with Crippen LogP contribution in [0, 0.1) is 5.82 Å². The Morgan fingerprint density at radius 1 is 1.50 bits per heavy atom. The zero-order valence-corrected chi connectivity index (χ0v) is 8.86. The summed E-state index contributed by atoms with van der Waals surface area (Å²) < 4.78 is 17.9. The number of hydrogen-bond donors (Lipinski definition) is 1. The lowest BCUT2D eigenvalue weighted by atomic mass is 10.2. The first-order valence-corrected chi connectivity index (χ1v) is 4.89. The van der Waals surface area contributed by atoms with Gasteiger partial charge < -0.3 is 10.5 Å². The van der Waals surface area contributed by atoms with E-state index in [9.17, 15) is 9.18 Å². The maximum absolute atomic E-state index is 12.6. The molecule has 0 aliphatic heterocycles. The molecule has 86 valence electrons. The molecule has 1 amide bonds. The van der Waals surface area contributed by atoms with Crippen LogP contribution < -0.4 is 5.73 Å². The van der Waals surface area contributed by atoms with Gasteiger partial charge in [-0.1, -0.05) is 18.2 Å². The molecule has 1 rings (SSSR count). The predicted octanol–water partition coefficient (Wildman–Crippen LogP) is 1.77. The highest BCUT2D eigenvalue weighted by molar-refractivity contribution is 5.78. The lowest BCUT2D eigenvalue weighted by Crippen LogP contribution is -2.30. The molecule has 3 nitrogen and oxygen atoms in total. The van der Waals surface area contributed by atoms with E-state index >= 15 is 0 Å². The molecule has 1 aromatic carbocycles. The molecule has 1 aromatic rings. The van der Waals surface area contributed by atoms with Gasteiger partial charge in [0.25, 0.3) is 0 Å². The van der Waals surface area contributed by atoms with Gasteiger partial charge in [-0.25, -0.2) is 4.39 Å². The van der Waals surface area contributed by atoms with Crippen LogP contribution in [0.3, 0.4) is 0 Å². The summed E-state index contributed by atoms with van der Waals surface area (Å²) in [6.07, 6.45) is 1.26. The molecule has 0 bridgehead atoms. The van der Waals surface area contributed by atoms with Gasteiger partial charge in [0.2, 0.25) is 5.91 Å². The summed E-state index contributed by atoms with van der Waals surface area (Å²) in [4.78, 5) is 11.0. The fourth-order valence-electron chi connectivity index (χ4n) is 1.20. The molecule has 0 saturated heterocycles. The minimum absolute atomic E-state index is 0.224. The van der Waals surface area contributed by atoms with E-state index in [1.807, 2.05) is 0 Å². The van der Waals surface area contributed by atoms with Gasteiger partial charge in [-0.2, -0.15) is 0 Å². The fraction of sp³-hybridized carbons (Fsp3) is 0.250. The Morgan fingerprint density at radius 2 is 2.12 bits per heavy atom. The van der Waals surface area contributed by atoms with Gasteiger partial charge in [-0.05, 0) is 17.7 Å². The van der Waals surface area contributed by atoms with Crippen molar-refractivity contribution in [3.8, 4) is 0 Å². The van der Waals surface area contributed by atoms with Gasteiger partial charge in [0, 0.05) is 6.42 Å². The van der Waals surface area contributed by atoms with E-state index in [1.54, 1.807) is 18.2 Å². The van der Waals surface area contributed by atoms with E-state index in [0.717, 1.165) is 5.56 Å². The lowest BCUT2D eigenvalue weighted by molar-refractivity contribution is -0.130. The van der Waals surface area contributed by atoms with Crippen LogP contribution in [0.4, 0.5) is 4.39 Å². The molecule has 0 aliphatic rings. The van der Waals surface area contributed by atoms with Gasteiger partial charge in [-0.3, -0.25) is 4.79 Å². The van der Waals surface area contributed by atoms with Crippen LogP contribution in [0.25, 0.3) is 0 Å². The summed E-state index contributed by atoms with van der Waals surface area (Å²) in [6, 6.07) is 5.87. The Balaban J connectivity index is 2.51. The number of halogens is 1. The number of ether oxygens (including phenoxy) is 1. The highest BCUT2D eigenvalue weighted by Crippen LogP contribution is 2.07. The number of rotatable bonds is 6. The van der Waals surface area contributed by atoms with Crippen LogP contribution in [-0.2, 0) is 16.1 Å². The SMILES string of the molecule is C=CCC(OCc1ccc(F)cc1)C(N)=O. The Morgan fingerprint density at radius 3 is 2.62 bits per heavy atom. The van der Waals surface area contributed by atoms with Crippen LogP contribution in [0.5, 0.6) is 0 Å². The molecule has 1 unspecified atom stereocenters. The van der Waals surface area contributed by atoms with Crippen molar-refractivity contribution in [3.05, 3.63) is 48.3 Å². The number of carbonyl (C=O) groups excluding carboxylic acids is 1. The van der Waals surface area contributed by atoms with Crippen LogP contribution in [0.15, 0.2) is 36.9 Å². The molecule has 0 spiro atoms. The molecule has 2 N–H and O–H groups in total. The Labute approximate surface area is 93.7 Å². The maximum Gasteiger partial charge on any atom is 0.246 e. The predicted molar refractivity (Wildman–Crippen MR) is 59.0 cm³/mol. The summed E-state index contributed by atoms with van der Waals surface area (Å²) in [5, 5.41) is 0. The third-order valence-corrected chi connectivity index (χ3v) is 2.06. The standard InChI is InChI=1S/C12H14FNO2/c1-2-3-11(12(14)15)16-8-9-4-6-10(13)7-5-9/h2,4-7,11H,1,3,8H2,(H2,14,15). The number of benzene rings is 1. The van der Waals surface area contributed by atoms with Crippen LogP contribution >= 0.6 is 0 Å². The van der Waals surface area contributed by atoms with Crippen molar-refractivity contribution in [1.82, 2.24) is 0 Å². The van der Waals surface area contributed by atoms with Crippen molar-refractivity contribution in [1.29, 1.82) is 0 Å². The van der Waals surface area contributed by atoms with Crippen molar-refractivity contribution in [2.45, 2.75) is 19.1 Å². The van der Waals surface area contributed by atoms with Gasteiger partial charge >= 0.3 is 0 Å². The number of primary amides is 1. The van der Waals surface area contributed by atoms with Gasteiger partial charge in [-0.15, -0.1) is 6.58 Å². The second kappa shape index (κ2) is 6.02. The van der Waals surface area contributed by atoms with Crippen molar-refractivity contribution >= 4 is 5.91 Å². The molecular weight excluding hydrogens is 209 g/mol. The van der Waals surface area contributed by atoms with E-state index < -0.39 is 12.0 Å². The maximum atomic E-state index is 12.6. The first-order chi connectivity index (χ1) is 7.63. The largest absolute Gasteiger partial charge is 0.367 e. The Bertz CT molecular complexity index is 362. The fourth-order valence-corrected chi connectivity index (χ4v) is 1.20. The summed E-state index contributed by atoms with van der Waals surface area (Å²) in [7, 11) is 0. The first kappa shape index (κ1) is 12.4. The lowest BCUT2D eigenvalue weighted by Gasteiger charge is -2.12. The second-order valence-electron chi connectivity index (χ2n) is 3.35. The topological polar surface area (TPSA) is 52.3 Å². The minimum atomic E-state index is -0.678. The quantitative estimate of drug-likeness (QED) is 0.747. The molecule has 0 aromatic heterocycles. The van der Waals surface area contributed by atoms with Crippen molar-refractivity contribution in [3.63, 3.8) is 0 Å². The van der Waals surface area contributed by atoms with E-state index in [2.05, 4.69) is 6.58 Å². The third kappa shape index (κ3) is 3.82. The normalized spacial score (nSPS) is 12.1. The Hall–Kier alpha value is -1.68. The van der Waals surface area contributed by atoms with E-state index in [4.69, 9.17) is 10.5 Å². The van der Waals surface area contributed by atoms with E-state index in [1.165, 1.54) is 12.1 Å². The summed E-state index contributed by atoms with van der Waals surface area (Å²) >= 11 is 0. The molecule has 0 heterocycles. The monoisotopic (exact) mass is 223 g/mol. The number of carbonyl (C=O) groups is 1. The smallest absolute Gasteiger partial charge is 0.246 e. The van der Waals surface area contributed by atoms with E-state index in [0.29, 0.717) is 6.42 Å². The number of amides is 1. The first-order valence-electron chi connectivity index (χ1n) is 4.89. The molecule has 0 saturated carbocycles. The number of nitrogens with two attached hydrogens (primary N) is 1. The zero-order valence-electron chi connectivity index (χ0n) is 8.86. The van der Waals surface area contributed by atoms with Gasteiger partial charge in [0.05, 0.1) is 6.61 Å². The van der Waals surface area contributed by atoms with Crippen molar-refractivity contribution < 1.29 is 13.9 Å². The number of hydrogen-bond acceptors (Lipinski definition) is 2. The van der Waals surface area contributed by atoms with Crippen LogP contribution in [0.1, 0.15) is 12.0 Å². The van der Waals surface area contributed by atoms with Crippen molar-refractivity contribution in [2.24, 2.45) is 5.73 Å². The molecule has 0 radical (unpaired) electrons. The molecule has 1 atom stereocenters. The molecular formula is C12H14FNO2. The Kier molecular flexibility index (Phi) is 4.66. The van der Waals surface area contributed by atoms with Crippen molar-refractivity contribution in [2.75, 3.05) is 0 Å². The molecule has 4 heteroatoms. The third-order valence-electron chi connectivity index (χ3n) is 2.06. The van der Waals surface area contributed by atoms with Crippen LogP contribution in [0.2, 0.25) is 0 Å². The molecule has 0 aliphatic carbocycles. The summed E-state index contributed by atoms with van der Waals surface area (Å²) in [6.45, 7) is 3.74. The molecule has 16 heavy (non-hydrogen) atoms. The average Bonchev–Trinajstić information content (AvgIpc) is 2.26. The highest BCUT2D eigenvalue weighted by Gasteiger charge is 2.13. The highest BCUT2D eigenvalue weighted by atomic mass is 19.1. The minimum Gasteiger partial charge on any atom is -0.367 e. The van der Waals surface area contributed by atoms with Gasteiger partial charge in [0.1, 0.15) is 11.9 Å². The summed E-state index contributed by atoms with van der Waals surface area (Å²) in [5.74, 6) is -0.830.